The third-order valence-corrected chi connectivity index (χ3v) is 4.18. The minimum atomic E-state index is -0.551. The van der Waals surface area contributed by atoms with Crippen LogP contribution in [0.25, 0.3) is 0 Å². The molecule has 0 unspecified atom stereocenters. The van der Waals surface area contributed by atoms with Crippen LogP contribution in [0.5, 0.6) is 11.5 Å². The molecule has 0 aromatic heterocycles. The third-order valence-electron chi connectivity index (χ3n) is 4.18. The number of piperidine rings is 1. The summed E-state index contributed by atoms with van der Waals surface area (Å²) in [4.78, 5) is 24.6. The van der Waals surface area contributed by atoms with Crippen LogP contribution < -0.4 is 20.1 Å². The van der Waals surface area contributed by atoms with Gasteiger partial charge in [-0.1, -0.05) is 0 Å². The Morgan fingerprint density at radius 2 is 1.83 bits per heavy atom. The number of amides is 1. The van der Waals surface area contributed by atoms with Gasteiger partial charge in [0.15, 0.2) is 11.5 Å². The number of methoxy groups -OCH3 is 3. The van der Waals surface area contributed by atoms with E-state index in [0.29, 0.717) is 23.2 Å². The van der Waals surface area contributed by atoms with Crippen molar-refractivity contribution in [3.63, 3.8) is 0 Å². The van der Waals surface area contributed by atoms with Crippen LogP contribution in [-0.2, 0) is 9.53 Å². The van der Waals surface area contributed by atoms with Gasteiger partial charge in [0, 0.05) is 24.1 Å². The van der Waals surface area contributed by atoms with Crippen LogP contribution in [0.15, 0.2) is 12.1 Å². The van der Waals surface area contributed by atoms with Crippen molar-refractivity contribution in [2.75, 3.05) is 33.2 Å². The molecule has 7 heteroatoms. The van der Waals surface area contributed by atoms with Crippen molar-refractivity contribution >= 4 is 17.6 Å². The smallest absolute Gasteiger partial charge is 0.340 e. The molecule has 1 heterocycles. The number of esters is 1. The summed E-state index contributed by atoms with van der Waals surface area (Å²) in [5, 5.41) is 6.15. The second-order valence-electron chi connectivity index (χ2n) is 5.81. The van der Waals surface area contributed by atoms with Crippen LogP contribution in [0.3, 0.4) is 0 Å². The van der Waals surface area contributed by atoms with E-state index < -0.39 is 5.97 Å². The van der Waals surface area contributed by atoms with Crippen molar-refractivity contribution in [3.8, 4) is 11.5 Å². The average Bonchev–Trinajstić information content (AvgIpc) is 2.60. The highest BCUT2D eigenvalue weighted by Gasteiger charge is 2.26. The van der Waals surface area contributed by atoms with Gasteiger partial charge in [-0.2, -0.15) is 0 Å². The summed E-state index contributed by atoms with van der Waals surface area (Å²) in [5.41, 5.74) is 0.584. The van der Waals surface area contributed by atoms with E-state index in [0.717, 1.165) is 19.4 Å². The molecule has 2 atom stereocenters. The summed E-state index contributed by atoms with van der Waals surface area (Å²) >= 11 is 0. The van der Waals surface area contributed by atoms with Crippen LogP contribution in [0.1, 0.15) is 30.1 Å². The molecule has 1 saturated heterocycles. The summed E-state index contributed by atoms with van der Waals surface area (Å²) in [6, 6.07) is 3.37. The van der Waals surface area contributed by atoms with E-state index in [9.17, 15) is 9.59 Å². The predicted octanol–water partition coefficient (Wildman–Crippen LogP) is 1.82. The molecule has 7 nitrogen and oxygen atoms in total. The first-order valence-corrected chi connectivity index (χ1v) is 7.88. The summed E-state index contributed by atoms with van der Waals surface area (Å²) < 4.78 is 15.3. The van der Waals surface area contributed by atoms with E-state index in [4.69, 9.17) is 14.2 Å². The van der Waals surface area contributed by atoms with Crippen molar-refractivity contribution < 1.29 is 23.8 Å². The van der Waals surface area contributed by atoms with E-state index in [2.05, 4.69) is 17.6 Å². The molecule has 0 saturated carbocycles. The fourth-order valence-corrected chi connectivity index (χ4v) is 2.87. The number of carbonyl (C=O) groups excluding carboxylic acids is 2. The molecule has 0 radical (unpaired) electrons. The quantitative estimate of drug-likeness (QED) is 0.798. The number of ether oxygens (including phenoxy) is 3. The Morgan fingerprint density at radius 3 is 2.42 bits per heavy atom. The zero-order chi connectivity index (χ0) is 17.7. The summed E-state index contributed by atoms with van der Waals surface area (Å²) in [5.74, 6) is 0.0658. The highest BCUT2D eigenvalue weighted by Crippen LogP contribution is 2.34. The number of anilines is 1. The number of hydrogen-bond acceptors (Lipinski definition) is 6. The van der Waals surface area contributed by atoms with Crippen LogP contribution in [0.2, 0.25) is 0 Å². The Labute approximate surface area is 141 Å². The normalized spacial score (nSPS) is 20.2. The van der Waals surface area contributed by atoms with Crippen molar-refractivity contribution in [1.82, 2.24) is 5.32 Å². The summed E-state index contributed by atoms with van der Waals surface area (Å²) in [6.07, 6.45) is 1.52. The van der Waals surface area contributed by atoms with Gasteiger partial charge in [0.1, 0.15) is 0 Å². The van der Waals surface area contributed by atoms with Gasteiger partial charge in [-0.3, -0.25) is 4.79 Å². The minimum Gasteiger partial charge on any atom is -0.493 e. The first-order chi connectivity index (χ1) is 11.5. The Bertz CT molecular complexity index is 617. The van der Waals surface area contributed by atoms with E-state index in [-0.39, 0.29) is 17.4 Å². The van der Waals surface area contributed by atoms with Crippen LogP contribution in [-0.4, -0.2) is 45.8 Å². The molecule has 0 bridgehead atoms. The zero-order valence-corrected chi connectivity index (χ0v) is 14.5. The lowest BCUT2D eigenvalue weighted by Gasteiger charge is -2.27. The second-order valence-corrected chi connectivity index (χ2v) is 5.81. The van der Waals surface area contributed by atoms with Gasteiger partial charge < -0.3 is 24.8 Å². The number of carbonyl (C=O) groups is 2. The van der Waals surface area contributed by atoms with E-state index in [1.54, 1.807) is 6.07 Å². The van der Waals surface area contributed by atoms with Gasteiger partial charge in [0.25, 0.3) is 0 Å². The van der Waals surface area contributed by atoms with Gasteiger partial charge in [0.05, 0.1) is 32.6 Å². The van der Waals surface area contributed by atoms with Crippen LogP contribution >= 0.6 is 0 Å². The molecule has 1 aromatic rings. The van der Waals surface area contributed by atoms with Crippen LogP contribution in [0, 0.1) is 5.92 Å². The van der Waals surface area contributed by atoms with Gasteiger partial charge in [-0.25, -0.2) is 4.79 Å². The summed E-state index contributed by atoms with van der Waals surface area (Å²) in [7, 11) is 4.27. The van der Waals surface area contributed by atoms with E-state index in [1.165, 1.54) is 27.4 Å². The topological polar surface area (TPSA) is 85.9 Å². The van der Waals surface area contributed by atoms with Gasteiger partial charge in [-0.05, 0) is 26.3 Å². The molecular formula is C17H24N2O5. The fourth-order valence-electron chi connectivity index (χ4n) is 2.87. The van der Waals surface area contributed by atoms with Gasteiger partial charge in [0.2, 0.25) is 5.91 Å². The lowest BCUT2D eigenvalue weighted by molar-refractivity contribution is -0.120. The molecule has 1 aromatic carbocycles. The first-order valence-electron chi connectivity index (χ1n) is 7.88. The number of benzene rings is 1. The Balaban J connectivity index is 2.29. The standard InChI is InChI=1S/C17H24N2O5/c1-10-7-11(5-6-18-10)16(20)19-13-9-15(23-3)14(22-2)8-12(13)17(21)24-4/h8-11,18H,5-7H2,1-4H3,(H,19,20)/t10-,11-/m0/s1. The number of nitrogens with one attached hydrogen (secondary N) is 2. The highest BCUT2D eigenvalue weighted by molar-refractivity contribution is 6.02. The monoisotopic (exact) mass is 336 g/mol. The first kappa shape index (κ1) is 18.1. The fraction of sp³-hybridized carbons (Fsp3) is 0.529. The molecule has 0 spiro atoms. The highest BCUT2D eigenvalue weighted by atomic mass is 16.5. The molecule has 24 heavy (non-hydrogen) atoms. The SMILES string of the molecule is COC(=O)c1cc(OC)c(OC)cc1NC(=O)[C@H]1CCN[C@@H](C)C1. The minimum absolute atomic E-state index is 0.0974. The van der Waals surface area contributed by atoms with Crippen molar-refractivity contribution in [2.45, 2.75) is 25.8 Å². The Morgan fingerprint density at radius 1 is 1.17 bits per heavy atom. The lowest BCUT2D eigenvalue weighted by Crippen LogP contribution is -2.40. The Hall–Kier alpha value is -2.28. The van der Waals surface area contributed by atoms with Crippen LogP contribution in [0.4, 0.5) is 5.69 Å². The molecular weight excluding hydrogens is 312 g/mol. The van der Waals surface area contributed by atoms with Gasteiger partial charge >= 0.3 is 5.97 Å². The van der Waals surface area contributed by atoms with E-state index >= 15 is 0 Å². The number of hydrogen-bond donors (Lipinski definition) is 2. The second kappa shape index (κ2) is 8.01. The Kier molecular flexibility index (Phi) is 6.03. The van der Waals surface area contributed by atoms with Crippen molar-refractivity contribution in [2.24, 2.45) is 5.92 Å². The van der Waals surface area contributed by atoms with Crippen molar-refractivity contribution in [1.29, 1.82) is 0 Å². The molecule has 1 fully saturated rings. The zero-order valence-electron chi connectivity index (χ0n) is 14.5. The number of rotatable bonds is 5. The maximum absolute atomic E-state index is 12.6. The molecule has 2 rings (SSSR count). The predicted molar refractivity (Wildman–Crippen MR) is 89.7 cm³/mol. The molecule has 1 amide bonds. The molecule has 132 valence electrons. The molecule has 1 aliphatic heterocycles. The lowest BCUT2D eigenvalue weighted by atomic mass is 9.92. The van der Waals surface area contributed by atoms with Crippen molar-refractivity contribution in [3.05, 3.63) is 17.7 Å². The maximum Gasteiger partial charge on any atom is 0.340 e. The molecule has 1 aliphatic rings. The van der Waals surface area contributed by atoms with E-state index in [1.807, 2.05) is 0 Å². The summed E-state index contributed by atoms with van der Waals surface area (Å²) in [6.45, 7) is 2.85. The molecule has 0 aliphatic carbocycles. The molecule has 2 N–H and O–H groups in total. The maximum atomic E-state index is 12.6. The third kappa shape index (κ3) is 3.97. The largest absolute Gasteiger partial charge is 0.493 e. The average molecular weight is 336 g/mol. The van der Waals surface area contributed by atoms with Gasteiger partial charge in [-0.15, -0.1) is 0 Å².